The molecule has 0 amide bonds. The Bertz CT molecular complexity index is 126. The van der Waals surface area contributed by atoms with Crippen molar-refractivity contribution in [1.82, 2.24) is 0 Å². The van der Waals surface area contributed by atoms with Crippen LogP contribution in [0.4, 0.5) is 0 Å². The number of carboxylic acid groups (broad SMARTS) is 1. The molecule has 0 aliphatic rings. The largest absolute Gasteiger partial charge is 0.481 e. The molecule has 0 aliphatic carbocycles. The summed E-state index contributed by atoms with van der Waals surface area (Å²) >= 11 is 0. The van der Waals surface area contributed by atoms with Gasteiger partial charge in [0.15, 0.2) is 0 Å². The van der Waals surface area contributed by atoms with Crippen LogP contribution in [-0.2, 0) is 4.79 Å². The summed E-state index contributed by atoms with van der Waals surface area (Å²) in [5.41, 5.74) is 4.93. The van der Waals surface area contributed by atoms with Gasteiger partial charge in [0.1, 0.15) is 6.04 Å². The van der Waals surface area contributed by atoms with E-state index in [0.29, 0.717) is 0 Å². The fourth-order valence-electron chi connectivity index (χ4n) is 0.234. The Morgan fingerprint density at radius 3 is 2.62 bits per heavy atom. The third kappa shape index (κ3) is 3.12. The van der Waals surface area contributed by atoms with Crippen LogP contribution >= 0.6 is 0 Å². The highest BCUT2D eigenvalue weighted by molar-refractivity contribution is 5.67. The maximum atomic E-state index is 9.74. The first kappa shape index (κ1) is 6.92. The summed E-state index contributed by atoms with van der Waals surface area (Å²) in [6.07, 6.45) is -0.281. The first-order valence-electron chi connectivity index (χ1n) is 2.04. The second-order valence-corrected chi connectivity index (χ2v) is 1.33. The Labute approximate surface area is 46.5 Å². The van der Waals surface area contributed by atoms with Crippen molar-refractivity contribution in [2.75, 3.05) is 0 Å². The van der Waals surface area contributed by atoms with Crippen molar-refractivity contribution >= 4 is 5.97 Å². The molecule has 0 aromatic heterocycles. The first-order valence-corrected chi connectivity index (χ1v) is 2.04. The molecule has 0 spiro atoms. The minimum absolute atomic E-state index is 0.281. The highest BCUT2D eigenvalue weighted by atomic mass is 16.4. The molecule has 4 heteroatoms. The van der Waals surface area contributed by atoms with Gasteiger partial charge in [-0.25, -0.2) is 0 Å². The monoisotopic (exact) mass is 114 g/mol. The van der Waals surface area contributed by atoms with Gasteiger partial charge in [-0.05, 0) is 0 Å². The molecule has 0 radical (unpaired) electrons. The second kappa shape index (κ2) is 2.99. The Morgan fingerprint density at radius 1 is 2.00 bits per heavy atom. The minimum Gasteiger partial charge on any atom is -0.481 e. The van der Waals surface area contributed by atoms with E-state index in [2.05, 4.69) is 0 Å². The highest BCUT2D eigenvalue weighted by Gasteiger charge is 2.03. The predicted octanol–water partition coefficient (Wildman–Crippen LogP) is -0.688. The van der Waals surface area contributed by atoms with Crippen molar-refractivity contribution in [3.63, 3.8) is 0 Å². The summed E-state index contributed by atoms with van der Waals surface area (Å²) in [6, 6.07) is 0.725. The molecule has 0 heterocycles. The normalized spacial score (nSPS) is 12.0. The Balaban J connectivity index is 3.43. The van der Waals surface area contributed by atoms with Crippen molar-refractivity contribution in [1.29, 1.82) is 5.26 Å². The average molecular weight is 114 g/mol. The number of carboxylic acids is 1. The Hall–Kier alpha value is -1.08. The van der Waals surface area contributed by atoms with Crippen LogP contribution in [0, 0.1) is 11.3 Å². The summed E-state index contributed by atoms with van der Waals surface area (Å²) < 4.78 is 0. The van der Waals surface area contributed by atoms with Crippen LogP contribution in [0.2, 0.25) is 0 Å². The van der Waals surface area contributed by atoms with E-state index in [1.54, 1.807) is 6.07 Å². The van der Waals surface area contributed by atoms with E-state index in [-0.39, 0.29) is 6.42 Å². The second-order valence-electron chi connectivity index (χ2n) is 1.33. The zero-order valence-corrected chi connectivity index (χ0v) is 4.16. The molecule has 0 aliphatic heterocycles. The van der Waals surface area contributed by atoms with Crippen LogP contribution in [0.5, 0.6) is 0 Å². The van der Waals surface area contributed by atoms with Gasteiger partial charge >= 0.3 is 5.97 Å². The van der Waals surface area contributed by atoms with Gasteiger partial charge in [0.05, 0.1) is 12.5 Å². The average Bonchev–Trinajstić information content (AvgIpc) is 1.65. The predicted molar refractivity (Wildman–Crippen MR) is 25.8 cm³/mol. The molecule has 44 valence electrons. The molecule has 0 rings (SSSR count). The maximum absolute atomic E-state index is 9.74. The standard InChI is InChI=1S/C4H6N2O2/c5-2-3(6)1-4(7)8/h3H,1,6H2,(H,7,8)/t3-/m0/s1. The van der Waals surface area contributed by atoms with Gasteiger partial charge in [0.2, 0.25) is 0 Å². The lowest BCUT2D eigenvalue weighted by molar-refractivity contribution is -0.137. The van der Waals surface area contributed by atoms with E-state index in [9.17, 15) is 4.79 Å². The molecule has 8 heavy (non-hydrogen) atoms. The van der Waals surface area contributed by atoms with Crippen molar-refractivity contribution in [3.05, 3.63) is 0 Å². The van der Waals surface area contributed by atoms with E-state index in [1.165, 1.54) is 0 Å². The Kier molecular flexibility index (Phi) is 2.59. The fraction of sp³-hybridized carbons (Fsp3) is 0.500. The van der Waals surface area contributed by atoms with Crippen molar-refractivity contribution in [3.8, 4) is 6.07 Å². The van der Waals surface area contributed by atoms with Crippen LogP contribution < -0.4 is 5.73 Å². The molecule has 0 aromatic rings. The number of hydrogen-bond acceptors (Lipinski definition) is 3. The number of hydrogen-bond donors (Lipinski definition) is 2. The van der Waals surface area contributed by atoms with Gasteiger partial charge in [0.25, 0.3) is 0 Å². The van der Waals surface area contributed by atoms with E-state index in [4.69, 9.17) is 16.1 Å². The number of nitriles is 1. The number of carbonyl (C=O) groups is 1. The summed E-state index contributed by atoms with van der Waals surface area (Å²) in [4.78, 5) is 9.74. The zero-order chi connectivity index (χ0) is 6.57. The summed E-state index contributed by atoms with van der Waals surface area (Å²) in [5, 5.41) is 15.9. The third-order valence-corrected chi connectivity index (χ3v) is 0.560. The van der Waals surface area contributed by atoms with Crippen molar-refractivity contribution < 1.29 is 9.90 Å². The molecule has 0 saturated carbocycles. The van der Waals surface area contributed by atoms with Crippen molar-refractivity contribution in [2.45, 2.75) is 12.5 Å². The molecule has 1 atom stereocenters. The SMILES string of the molecule is N#C[C@@H](N)CC(=O)O. The molecular weight excluding hydrogens is 108 g/mol. The van der Waals surface area contributed by atoms with Crippen molar-refractivity contribution in [2.24, 2.45) is 5.73 Å². The highest BCUT2D eigenvalue weighted by Crippen LogP contribution is 1.82. The van der Waals surface area contributed by atoms with E-state index >= 15 is 0 Å². The van der Waals surface area contributed by atoms with Crippen LogP contribution in [0.15, 0.2) is 0 Å². The fourth-order valence-corrected chi connectivity index (χ4v) is 0.234. The molecular formula is C4H6N2O2. The van der Waals surface area contributed by atoms with Crippen LogP contribution in [0.3, 0.4) is 0 Å². The molecule has 4 nitrogen and oxygen atoms in total. The van der Waals surface area contributed by atoms with E-state index in [0.717, 1.165) is 0 Å². The van der Waals surface area contributed by atoms with Gasteiger partial charge in [-0.3, -0.25) is 4.79 Å². The minimum atomic E-state index is -1.04. The third-order valence-electron chi connectivity index (χ3n) is 0.560. The topological polar surface area (TPSA) is 87.1 Å². The molecule has 0 bridgehead atoms. The van der Waals surface area contributed by atoms with Crippen LogP contribution in [0.25, 0.3) is 0 Å². The summed E-state index contributed by atoms with van der Waals surface area (Å²) in [6.45, 7) is 0. The molecule has 0 unspecified atom stereocenters. The Morgan fingerprint density at radius 2 is 2.50 bits per heavy atom. The zero-order valence-electron chi connectivity index (χ0n) is 4.16. The number of nitrogens with zero attached hydrogens (tertiary/aromatic N) is 1. The lowest BCUT2D eigenvalue weighted by Crippen LogP contribution is -2.20. The quantitative estimate of drug-likeness (QED) is 0.497. The number of rotatable bonds is 2. The summed E-state index contributed by atoms with van der Waals surface area (Å²) in [5.74, 6) is -1.04. The molecule has 0 fully saturated rings. The molecule has 0 saturated heterocycles. The van der Waals surface area contributed by atoms with E-state index in [1.807, 2.05) is 0 Å². The smallest absolute Gasteiger partial charge is 0.306 e. The number of nitrogens with two attached hydrogens (primary N) is 1. The molecule has 0 aromatic carbocycles. The lowest BCUT2D eigenvalue weighted by Gasteiger charge is -1.92. The van der Waals surface area contributed by atoms with Crippen LogP contribution in [-0.4, -0.2) is 17.1 Å². The maximum Gasteiger partial charge on any atom is 0.306 e. The van der Waals surface area contributed by atoms with E-state index < -0.39 is 12.0 Å². The molecule has 3 N–H and O–H groups in total. The van der Waals surface area contributed by atoms with Gasteiger partial charge in [-0.1, -0.05) is 0 Å². The van der Waals surface area contributed by atoms with Gasteiger partial charge < -0.3 is 10.8 Å². The first-order chi connectivity index (χ1) is 3.66. The van der Waals surface area contributed by atoms with Gasteiger partial charge in [0, 0.05) is 0 Å². The van der Waals surface area contributed by atoms with Crippen LogP contribution in [0.1, 0.15) is 6.42 Å². The van der Waals surface area contributed by atoms with Gasteiger partial charge in [-0.2, -0.15) is 5.26 Å². The lowest BCUT2D eigenvalue weighted by atomic mass is 10.2. The summed E-state index contributed by atoms with van der Waals surface area (Å²) in [7, 11) is 0. The number of aliphatic carboxylic acids is 1. The van der Waals surface area contributed by atoms with Gasteiger partial charge in [-0.15, -0.1) is 0 Å².